The standard InChI is InChI=1S/C32H29FN6/c1-19(16-32(2,3)4)36-24-13-22(17-34-18-24)21-7-10-28-25(14-21)31(39-38-28)29-15-26-27(37-29)11-12-35-30(26)20-5-8-23(33)9-6-20/h5-15,17-18,36-37H,1,16H2,2-4H3,(H,38,39). The van der Waals surface area contributed by atoms with E-state index in [1.54, 1.807) is 18.3 Å². The number of fused-ring (bicyclic) bond motifs is 2. The van der Waals surface area contributed by atoms with E-state index in [2.05, 4.69) is 82.1 Å². The maximum Gasteiger partial charge on any atom is 0.123 e. The number of allylic oxidation sites excluding steroid dienone is 1. The van der Waals surface area contributed by atoms with Crippen molar-refractivity contribution in [2.75, 3.05) is 5.32 Å². The molecule has 0 aliphatic rings. The number of benzene rings is 2. The van der Waals surface area contributed by atoms with E-state index < -0.39 is 0 Å². The molecule has 4 aromatic heterocycles. The molecule has 4 heterocycles. The van der Waals surface area contributed by atoms with Crippen LogP contribution in [0.2, 0.25) is 0 Å². The van der Waals surface area contributed by atoms with Gasteiger partial charge in [-0.2, -0.15) is 5.10 Å². The Kier molecular flexibility index (Phi) is 5.99. The molecule has 0 radical (unpaired) electrons. The zero-order chi connectivity index (χ0) is 27.1. The number of pyridine rings is 2. The highest BCUT2D eigenvalue weighted by molar-refractivity contribution is 6.00. The van der Waals surface area contributed by atoms with E-state index in [1.807, 2.05) is 24.5 Å². The zero-order valence-corrected chi connectivity index (χ0v) is 22.1. The molecule has 0 aliphatic heterocycles. The quantitative estimate of drug-likeness (QED) is 0.208. The van der Waals surface area contributed by atoms with E-state index in [0.717, 1.165) is 73.4 Å². The van der Waals surface area contributed by atoms with Crippen molar-refractivity contribution in [2.24, 2.45) is 5.41 Å². The number of hydrogen-bond acceptors (Lipinski definition) is 4. The first-order valence-corrected chi connectivity index (χ1v) is 12.9. The molecule has 2 aromatic carbocycles. The largest absolute Gasteiger partial charge is 0.358 e. The summed E-state index contributed by atoms with van der Waals surface area (Å²) in [5, 5.41) is 13.1. The summed E-state index contributed by atoms with van der Waals surface area (Å²) in [4.78, 5) is 12.5. The van der Waals surface area contributed by atoms with Gasteiger partial charge in [-0.3, -0.25) is 15.1 Å². The van der Waals surface area contributed by atoms with Crippen LogP contribution < -0.4 is 5.32 Å². The molecule has 0 spiro atoms. The Morgan fingerprint density at radius 1 is 0.872 bits per heavy atom. The van der Waals surface area contributed by atoms with Crippen LogP contribution in [0.3, 0.4) is 0 Å². The summed E-state index contributed by atoms with van der Waals surface area (Å²) in [6.07, 6.45) is 6.30. The monoisotopic (exact) mass is 516 g/mol. The fourth-order valence-electron chi connectivity index (χ4n) is 4.97. The van der Waals surface area contributed by atoms with Crippen molar-refractivity contribution in [1.82, 2.24) is 25.1 Å². The van der Waals surface area contributed by atoms with Crippen molar-refractivity contribution in [3.8, 4) is 33.8 Å². The van der Waals surface area contributed by atoms with Crippen molar-refractivity contribution in [1.29, 1.82) is 0 Å². The number of hydrogen-bond donors (Lipinski definition) is 3. The second-order valence-corrected chi connectivity index (χ2v) is 11.1. The number of rotatable bonds is 6. The number of nitrogens with one attached hydrogen (secondary N) is 3. The summed E-state index contributed by atoms with van der Waals surface area (Å²) >= 11 is 0. The topological polar surface area (TPSA) is 82.3 Å². The molecule has 0 atom stereocenters. The molecule has 0 bridgehead atoms. The Bertz CT molecular complexity index is 1820. The van der Waals surface area contributed by atoms with Crippen LogP contribution in [-0.2, 0) is 0 Å². The molecule has 3 N–H and O–H groups in total. The van der Waals surface area contributed by atoms with Gasteiger partial charge in [0.2, 0.25) is 0 Å². The third-order valence-corrected chi connectivity index (χ3v) is 6.62. The van der Waals surface area contributed by atoms with Crippen LogP contribution in [0, 0.1) is 11.2 Å². The SMILES string of the molecule is C=C(CC(C)(C)C)Nc1cncc(-c2ccc3[nH]nc(-c4cc5c(-c6ccc(F)cc6)nccc5[nH]4)c3c2)c1. The highest BCUT2D eigenvalue weighted by atomic mass is 19.1. The van der Waals surface area contributed by atoms with E-state index in [-0.39, 0.29) is 11.2 Å². The molecule has 0 saturated carbocycles. The molecule has 0 fully saturated rings. The molecular formula is C32H29FN6. The van der Waals surface area contributed by atoms with Gasteiger partial charge in [0.1, 0.15) is 11.5 Å². The minimum Gasteiger partial charge on any atom is -0.358 e. The highest BCUT2D eigenvalue weighted by Gasteiger charge is 2.16. The summed E-state index contributed by atoms with van der Waals surface area (Å²) in [5.74, 6) is -0.272. The van der Waals surface area contributed by atoms with E-state index in [0.29, 0.717) is 0 Å². The summed E-state index contributed by atoms with van der Waals surface area (Å²) in [6.45, 7) is 10.8. The third-order valence-electron chi connectivity index (χ3n) is 6.62. The van der Waals surface area contributed by atoms with Gasteiger partial charge in [-0.15, -0.1) is 0 Å². The lowest BCUT2D eigenvalue weighted by atomic mass is 9.91. The number of aromatic nitrogens is 5. The maximum absolute atomic E-state index is 13.5. The molecule has 6 rings (SSSR count). The number of aromatic amines is 2. The van der Waals surface area contributed by atoms with Gasteiger partial charge in [-0.25, -0.2) is 4.39 Å². The molecule has 0 saturated heterocycles. The van der Waals surface area contributed by atoms with Crippen LogP contribution in [0.5, 0.6) is 0 Å². The lowest BCUT2D eigenvalue weighted by Crippen LogP contribution is -2.10. The molecule has 194 valence electrons. The number of halogens is 1. The predicted octanol–water partition coefficient (Wildman–Crippen LogP) is 8.34. The van der Waals surface area contributed by atoms with Crippen LogP contribution >= 0.6 is 0 Å². The normalized spacial score (nSPS) is 11.8. The zero-order valence-electron chi connectivity index (χ0n) is 22.1. The average Bonchev–Trinajstić information content (AvgIpc) is 3.52. The van der Waals surface area contributed by atoms with Gasteiger partial charge in [0.25, 0.3) is 0 Å². The Morgan fingerprint density at radius 2 is 1.64 bits per heavy atom. The van der Waals surface area contributed by atoms with E-state index in [9.17, 15) is 4.39 Å². The Morgan fingerprint density at radius 3 is 2.44 bits per heavy atom. The fourth-order valence-corrected chi connectivity index (χ4v) is 4.97. The summed E-state index contributed by atoms with van der Waals surface area (Å²) < 4.78 is 13.5. The molecule has 0 amide bonds. The van der Waals surface area contributed by atoms with E-state index in [1.165, 1.54) is 12.1 Å². The van der Waals surface area contributed by atoms with E-state index in [4.69, 9.17) is 0 Å². The Hall–Kier alpha value is -4.78. The van der Waals surface area contributed by atoms with Gasteiger partial charge >= 0.3 is 0 Å². The average molecular weight is 517 g/mol. The number of anilines is 1. The van der Waals surface area contributed by atoms with Crippen molar-refractivity contribution in [3.63, 3.8) is 0 Å². The van der Waals surface area contributed by atoms with Gasteiger partial charge in [0.05, 0.1) is 28.8 Å². The summed E-state index contributed by atoms with van der Waals surface area (Å²) in [5.41, 5.74) is 9.25. The van der Waals surface area contributed by atoms with Gasteiger partial charge in [-0.05, 0) is 72.0 Å². The van der Waals surface area contributed by atoms with Crippen molar-refractivity contribution in [3.05, 3.63) is 97.3 Å². The first-order valence-electron chi connectivity index (χ1n) is 12.9. The van der Waals surface area contributed by atoms with Gasteiger partial charge in [0, 0.05) is 45.5 Å². The fraction of sp³-hybridized carbons (Fsp3) is 0.156. The summed E-state index contributed by atoms with van der Waals surface area (Å²) in [7, 11) is 0. The number of H-pyrrole nitrogens is 2. The molecule has 0 unspecified atom stereocenters. The minimum atomic E-state index is -0.272. The Balaban J connectivity index is 1.36. The molecule has 0 aliphatic carbocycles. The first-order chi connectivity index (χ1) is 18.7. The molecule has 6 nitrogen and oxygen atoms in total. The molecular weight excluding hydrogens is 487 g/mol. The third kappa shape index (κ3) is 5.03. The molecule has 7 heteroatoms. The minimum absolute atomic E-state index is 0.149. The Labute approximate surface area is 226 Å². The van der Waals surface area contributed by atoms with Crippen LogP contribution in [0.1, 0.15) is 27.2 Å². The lowest BCUT2D eigenvalue weighted by Gasteiger charge is -2.20. The molecule has 39 heavy (non-hydrogen) atoms. The van der Waals surface area contributed by atoms with Gasteiger partial charge < -0.3 is 10.3 Å². The van der Waals surface area contributed by atoms with Crippen molar-refractivity contribution >= 4 is 27.5 Å². The van der Waals surface area contributed by atoms with E-state index >= 15 is 0 Å². The second kappa shape index (κ2) is 9.51. The lowest BCUT2D eigenvalue weighted by molar-refractivity contribution is 0.411. The second-order valence-electron chi connectivity index (χ2n) is 11.1. The first kappa shape index (κ1) is 24.6. The van der Waals surface area contributed by atoms with Crippen LogP contribution in [0.15, 0.2) is 91.5 Å². The van der Waals surface area contributed by atoms with Crippen molar-refractivity contribution < 1.29 is 4.39 Å². The molecule has 6 aromatic rings. The summed E-state index contributed by atoms with van der Waals surface area (Å²) in [6, 6.07) is 18.7. The predicted molar refractivity (Wildman–Crippen MR) is 157 cm³/mol. The van der Waals surface area contributed by atoms with Gasteiger partial charge in [0.15, 0.2) is 0 Å². The van der Waals surface area contributed by atoms with Crippen LogP contribution in [0.4, 0.5) is 10.1 Å². The van der Waals surface area contributed by atoms with Gasteiger partial charge in [-0.1, -0.05) is 33.4 Å². The number of nitrogens with zero attached hydrogens (tertiary/aromatic N) is 3. The van der Waals surface area contributed by atoms with Crippen LogP contribution in [0.25, 0.3) is 55.6 Å². The smallest absolute Gasteiger partial charge is 0.123 e. The maximum atomic E-state index is 13.5. The van der Waals surface area contributed by atoms with Crippen molar-refractivity contribution in [2.45, 2.75) is 27.2 Å². The highest BCUT2D eigenvalue weighted by Crippen LogP contribution is 2.35. The van der Waals surface area contributed by atoms with Crippen LogP contribution in [-0.4, -0.2) is 25.1 Å².